The quantitative estimate of drug-likeness (QED) is 0.830. The minimum Gasteiger partial charge on any atom is -0.383 e. The Morgan fingerprint density at radius 2 is 2.20 bits per heavy atom. The molecule has 1 aromatic heterocycles. The largest absolute Gasteiger partial charge is 0.383 e. The van der Waals surface area contributed by atoms with Crippen molar-refractivity contribution < 1.29 is 14.2 Å². The molecule has 0 aromatic carbocycles. The number of aromatic nitrogens is 1. The Kier molecular flexibility index (Phi) is 3.77. The van der Waals surface area contributed by atoms with Gasteiger partial charge in [0.05, 0.1) is 18.9 Å². The molecular weight excluding hydrogens is 197 g/mol. The summed E-state index contributed by atoms with van der Waals surface area (Å²) >= 11 is 0. The molecule has 0 saturated carbocycles. The van der Waals surface area contributed by atoms with Crippen molar-refractivity contribution in [2.75, 3.05) is 6.61 Å². The van der Waals surface area contributed by atoms with E-state index < -0.39 is 11.4 Å². The van der Waals surface area contributed by atoms with E-state index >= 15 is 0 Å². The first-order chi connectivity index (χ1) is 6.92. The van der Waals surface area contributed by atoms with Gasteiger partial charge in [0.2, 0.25) is 0 Å². The lowest BCUT2D eigenvalue weighted by Gasteiger charge is -2.24. The lowest BCUT2D eigenvalue weighted by Crippen LogP contribution is -2.29. The third-order valence-corrected chi connectivity index (χ3v) is 2.02. The lowest BCUT2D eigenvalue weighted by molar-refractivity contribution is -0.0577. The van der Waals surface area contributed by atoms with Crippen LogP contribution in [0.3, 0.4) is 0 Å². The van der Waals surface area contributed by atoms with E-state index in [1.54, 1.807) is 6.92 Å². The molecule has 0 aliphatic carbocycles. The highest BCUT2D eigenvalue weighted by atomic mass is 19.1. The number of hydrogen-bond donors (Lipinski definition) is 1. The summed E-state index contributed by atoms with van der Waals surface area (Å²) in [5, 5.41) is 10.0. The molecule has 0 bridgehead atoms. The Hall–Kier alpha value is -1.00. The first-order valence-corrected chi connectivity index (χ1v) is 4.87. The van der Waals surface area contributed by atoms with Gasteiger partial charge in [0.15, 0.2) is 0 Å². The Labute approximate surface area is 88.9 Å². The lowest BCUT2D eigenvalue weighted by atomic mass is 9.99. The zero-order valence-corrected chi connectivity index (χ0v) is 9.20. The van der Waals surface area contributed by atoms with E-state index in [1.807, 2.05) is 13.8 Å². The summed E-state index contributed by atoms with van der Waals surface area (Å²) in [6.07, 6.45) is 2.56. The first-order valence-electron chi connectivity index (χ1n) is 4.87. The van der Waals surface area contributed by atoms with Crippen molar-refractivity contribution in [2.24, 2.45) is 0 Å². The molecule has 4 heteroatoms. The summed E-state index contributed by atoms with van der Waals surface area (Å²) in [5.74, 6) is -0.461. The van der Waals surface area contributed by atoms with Gasteiger partial charge in [-0.05, 0) is 26.8 Å². The summed E-state index contributed by atoms with van der Waals surface area (Å²) in [7, 11) is 0. The highest BCUT2D eigenvalue weighted by molar-refractivity contribution is 5.17. The minimum atomic E-state index is -1.21. The molecule has 1 unspecified atom stereocenters. The molecule has 84 valence electrons. The zero-order chi connectivity index (χ0) is 11.5. The van der Waals surface area contributed by atoms with Crippen molar-refractivity contribution in [1.29, 1.82) is 0 Å². The standard InChI is InChI=1S/C11H16FNO2/c1-8(2)15-7-11(3,14)9-4-10(12)6-13-5-9/h4-6,8,14H,7H2,1-3H3. The molecular formula is C11H16FNO2. The predicted octanol–water partition coefficient (Wildman–Crippen LogP) is 1.85. The monoisotopic (exact) mass is 213 g/mol. The average molecular weight is 213 g/mol. The molecule has 1 aromatic rings. The minimum absolute atomic E-state index is 0.0259. The molecule has 1 heterocycles. The van der Waals surface area contributed by atoms with Crippen LogP contribution < -0.4 is 0 Å². The van der Waals surface area contributed by atoms with E-state index in [2.05, 4.69) is 4.98 Å². The fraction of sp³-hybridized carbons (Fsp3) is 0.545. The molecule has 1 rings (SSSR count). The van der Waals surface area contributed by atoms with Crippen molar-refractivity contribution in [3.63, 3.8) is 0 Å². The van der Waals surface area contributed by atoms with Crippen LogP contribution in [0.4, 0.5) is 4.39 Å². The summed E-state index contributed by atoms with van der Waals surface area (Å²) < 4.78 is 18.2. The average Bonchev–Trinajstić information content (AvgIpc) is 2.15. The number of hydrogen-bond acceptors (Lipinski definition) is 3. The third-order valence-electron chi connectivity index (χ3n) is 2.02. The van der Waals surface area contributed by atoms with Crippen LogP contribution in [0, 0.1) is 5.82 Å². The summed E-state index contributed by atoms with van der Waals surface area (Å²) in [4.78, 5) is 3.69. The predicted molar refractivity (Wildman–Crippen MR) is 54.9 cm³/mol. The van der Waals surface area contributed by atoms with Gasteiger partial charge in [-0.3, -0.25) is 4.98 Å². The molecule has 0 radical (unpaired) electrons. The van der Waals surface area contributed by atoms with Gasteiger partial charge < -0.3 is 9.84 Å². The van der Waals surface area contributed by atoms with E-state index in [0.29, 0.717) is 5.56 Å². The van der Waals surface area contributed by atoms with Crippen LogP contribution in [-0.4, -0.2) is 22.8 Å². The van der Waals surface area contributed by atoms with Crippen molar-refractivity contribution in [3.8, 4) is 0 Å². The number of halogens is 1. The second kappa shape index (κ2) is 4.68. The molecule has 3 nitrogen and oxygen atoms in total. The van der Waals surface area contributed by atoms with Gasteiger partial charge in [-0.1, -0.05) is 0 Å². The highest BCUT2D eigenvalue weighted by Crippen LogP contribution is 2.21. The van der Waals surface area contributed by atoms with E-state index in [4.69, 9.17) is 4.74 Å². The Morgan fingerprint density at radius 3 is 2.73 bits per heavy atom. The Balaban J connectivity index is 2.76. The van der Waals surface area contributed by atoms with Crippen molar-refractivity contribution >= 4 is 0 Å². The maximum atomic E-state index is 12.9. The van der Waals surface area contributed by atoms with Gasteiger partial charge in [0.25, 0.3) is 0 Å². The van der Waals surface area contributed by atoms with E-state index in [0.717, 1.165) is 6.20 Å². The maximum Gasteiger partial charge on any atom is 0.141 e. The fourth-order valence-electron chi connectivity index (χ4n) is 1.12. The van der Waals surface area contributed by atoms with Gasteiger partial charge >= 0.3 is 0 Å². The van der Waals surface area contributed by atoms with Crippen molar-refractivity contribution in [3.05, 3.63) is 29.8 Å². The Bertz CT molecular complexity index is 326. The Morgan fingerprint density at radius 1 is 1.53 bits per heavy atom. The molecule has 0 saturated heterocycles. The summed E-state index contributed by atoms with van der Waals surface area (Å²) in [5.41, 5.74) is -0.789. The van der Waals surface area contributed by atoms with E-state index in [9.17, 15) is 9.50 Å². The molecule has 0 spiro atoms. The highest BCUT2D eigenvalue weighted by Gasteiger charge is 2.24. The van der Waals surface area contributed by atoms with Crippen LogP contribution >= 0.6 is 0 Å². The molecule has 15 heavy (non-hydrogen) atoms. The smallest absolute Gasteiger partial charge is 0.141 e. The van der Waals surface area contributed by atoms with Crippen LogP contribution in [0.2, 0.25) is 0 Å². The van der Waals surface area contributed by atoms with Gasteiger partial charge in [-0.2, -0.15) is 0 Å². The van der Waals surface area contributed by atoms with E-state index in [-0.39, 0.29) is 12.7 Å². The van der Waals surface area contributed by atoms with E-state index in [1.165, 1.54) is 12.3 Å². The third kappa shape index (κ3) is 3.57. The zero-order valence-electron chi connectivity index (χ0n) is 9.20. The van der Waals surface area contributed by atoms with Crippen molar-refractivity contribution in [2.45, 2.75) is 32.5 Å². The van der Waals surface area contributed by atoms with Crippen LogP contribution in [0.15, 0.2) is 18.5 Å². The van der Waals surface area contributed by atoms with Crippen LogP contribution in [0.1, 0.15) is 26.3 Å². The molecule has 1 N–H and O–H groups in total. The molecule has 0 amide bonds. The normalized spacial score (nSPS) is 15.3. The molecule has 0 aliphatic rings. The molecule has 0 fully saturated rings. The number of ether oxygens (including phenoxy) is 1. The number of pyridine rings is 1. The van der Waals surface area contributed by atoms with Gasteiger partial charge in [-0.25, -0.2) is 4.39 Å². The molecule has 0 aliphatic heterocycles. The first kappa shape index (κ1) is 12.1. The SMILES string of the molecule is CC(C)OCC(C)(O)c1cncc(F)c1. The summed E-state index contributed by atoms with van der Waals surface area (Å²) in [6, 6.07) is 1.26. The van der Waals surface area contributed by atoms with Crippen LogP contribution in [-0.2, 0) is 10.3 Å². The number of rotatable bonds is 4. The van der Waals surface area contributed by atoms with Crippen molar-refractivity contribution in [1.82, 2.24) is 4.98 Å². The molecule has 1 atom stereocenters. The van der Waals surface area contributed by atoms with Gasteiger partial charge in [-0.15, -0.1) is 0 Å². The van der Waals surface area contributed by atoms with Gasteiger partial charge in [0.1, 0.15) is 11.4 Å². The topological polar surface area (TPSA) is 42.4 Å². The number of aliphatic hydroxyl groups is 1. The van der Waals surface area contributed by atoms with Crippen LogP contribution in [0.25, 0.3) is 0 Å². The fourth-order valence-corrected chi connectivity index (χ4v) is 1.12. The van der Waals surface area contributed by atoms with Crippen LogP contribution in [0.5, 0.6) is 0 Å². The summed E-state index contributed by atoms with van der Waals surface area (Å²) in [6.45, 7) is 5.45. The maximum absolute atomic E-state index is 12.9. The second-order valence-corrected chi connectivity index (χ2v) is 4.03. The second-order valence-electron chi connectivity index (χ2n) is 4.03. The number of nitrogens with zero attached hydrogens (tertiary/aromatic N) is 1. The van der Waals surface area contributed by atoms with Gasteiger partial charge in [0, 0.05) is 11.8 Å².